The zero-order valence-corrected chi connectivity index (χ0v) is 6.18. The molecule has 0 unspecified atom stereocenters. The average molecular weight is 192 g/mol. The van der Waals surface area contributed by atoms with Gasteiger partial charge in [0.25, 0.3) is 0 Å². The van der Waals surface area contributed by atoms with E-state index in [4.69, 9.17) is 0 Å². The third kappa shape index (κ3) is 2.27. The summed E-state index contributed by atoms with van der Waals surface area (Å²) in [5, 5.41) is 0. The smallest absolute Gasteiger partial charge is 0.443 e. The van der Waals surface area contributed by atoms with Crippen molar-refractivity contribution >= 4 is 12.7 Å². The Morgan fingerprint density at radius 2 is 1.92 bits per heavy atom. The predicted octanol–water partition coefficient (Wildman–Crippen LogP) is 1.79. The van der Waals surface area contributed by atoms with E-state index in [0.29, 0.717) is 12.3 Å². The predicted molar refractivity (Wildman–Crippen MR) is 37.6 cm³/mol. The first-order valence-electron chi connectivity index (χ1n) is 3.27. The van der Waals surface area contributed by atoms with E-state index in [2.05, 4.69) is 4.98 Å². The van der Waals surface area contributed by atoms with Crippen molar-refractivity contribution < 1.29 is 22.1 Å². The van der Waals surface area contributed by atoms with Crippen molar-refractivity contribution in [3.8, 4) is 0 Å². The summed E-state index contributed by atoms with van der Waals surface area (Å²) in [4.78, 5) is 13.5. The van der Waals surface area contributed by atoms with Gasteiger partial charge in [0.15, 0.2) is 0 Å². The number of aromatic nitrogens is 1. The summed E-state index contributed by atoms with van der Waals surface area (Å²) < 4.78 is 47.6. The molecule has 0 saturated carbocycles. The first-order valence-corrected chi connectivity index (χ1v) is 3.27. The highest BCUT2D eigenvalue weighted by atomic mass is 19.4. The van der Waals surface area contributed by atoms with Crippen molar-refractivity contribution in [2.75, 3.05) is 0 Å². The van der Waals surface area contributed by atoms with Crippen molar-refractivity contribution in [3.63, 3.8) is 0 Å². The number of carbonyl (C=O) groups excluding carboxylic acids is 1. The van der Waals surface area contributed by atoms with E-state index in [-0.39, 0.29) is 0 Å². The van der Waals surface area contributed by atoms with Crippen molar-refractivity contribution in [1.82, 2.24) is 4.98 Å². The maximum Gasteiger partial charge on any atom is 0.551 e. The number of rotatable bonds is 2. The van der Waals surface area contributed by atoms with E-state index in [0.717, 1.165) is 6.07 Å². The normalized spacial score (nSPS) is 11.4. The van der Waals surface area contributed by atoms with Gasteiger partial charge in [0.2, 0.25) is 0 Å². The first-order chi connectivity index (χ1) is 5.91. The second-order valence-corrected chi connectivity index (χ2v) is 2.30. The molecule has 0 aliphatic heterocycles. The number of carbonyl (C=O) groups is 1. The van der Waals surface area contributed by atoms with Crippen LogP contribution in [0, 0.1) is 5.82 Å². The topological polar surface area (TPSA) is 30.0 Å². The summed E-state index contributed by atoms with van der Waals surface area (Å²) in [6.07, 6.45) is 0.565. The zero-order valence-electron chi connectivity index (χ0n) is 6.18. The molecule has 0 amide bonds. The molecule has 0 bridgehead atoms. The van der Waals surface area contributed by atoms with Gasteiger partial charge in [-0.2, -0.15) is 0 Å². The lowest BCUT2D eigenvalue weighted by Gasteiger charge is -2.11. The van der Waals surface area contributed by atoms with Crippen LogP contribution >= 0.6 is 0 Å². The standard InChI is InChI=1S/C6H3BF4NO/c8-4-1-2-5(12-3-4)6(13)7(9,10)11/h1-3H/q-1. The van der Waals surface area contributed by atoms with Crippen molar-refractivity contribution in [2.45, 2.75) is 0 Å². The molecule has 0 atom stereocenters. The van der Waals surface area contributed by atoms with Gasteiger partial charge < -0.3 is 17.7 Å². The number of hydrogen-bond acceptors (Lipinski definition) is 2. The maximum absolute atomic E-state index is 12.2. The zero-order chi connectivity index (χ0) is 10.1. The minimum atomic E-state index is -5.59. The lowest BCUT2D eigenvalue weighted by molar-refractivity contribution is 0.102. The monoisotopic (exact) mass is 192 g/mol. The van der Waals surface area contributed by atoms with Crippen LogP contribution < -0.4 is 0 Å². The fraction of sp³-hybridized carbons (Fsp3) is 0. The Morgan fingerprint density at radius 3 is 2.31 bits per heavy atom. The van der Waals surface area contributed by atoms with E-state index in [9.17, 15) is 22.1 Å². The quantitative estimate of drug-likeness (QED) is 0.527. The second-order valence-electron chi connectivity index (χ2n) is 2.30. The Kier molecular flexibility index (Phi) is 2.35. The largest absolute Gasteiger partial charge is 0.551 e. The highest BCUT2D eigenvalue weighted by Crippen LogP contribution is 2.14. The molecular weight excluding hydrogens is 189 g/mol. The maximum atomic E-state index is 12.2. The Hall–Kier alpha value is -1.40. The van der Waals surface area contributed by atoms with Gasteiger partial charge in [-0.1, -0.05) is 0 Å². The minimum Gasteiger partial charge on any atom is -0.443 e. The van der Waals surface area contributed by atoms with Crippen LogP contribution in [0.15, 0.2) is 18.3 Å². The van der Waals surface area contributed by atoms with Crippen LogP contribution in [0.25, 0.3) is 0 Å². The molecule has 0 N–H and O–H groups in total. The second kappa shape index (κ2) is 3.16. The summed E-state index contributed by atoms with van der Waals surface area (Å²) in [5.41, 5.74) is -2.80. The van der Waals surface area contributed by atoms with Crippen molar-refractivity contribution in [2.24, 2.45) is 0 Å². The van der Waals surface area contributed by atoms with Crippen LogP contribution in [-0.2, 0) is 0 Å². The Bertz CT molecular complexity index is 320. The third-order valence-electron chi connectivity index (χ3n) is 1.28. The fourth-order valence-corrected chi connectivity index (χ4v) is 0.689. The molecule has 0 fully saturated rings. The van der Waals surface area contributed by atoms with Gasteiger partial charge in [-0.3, -0.25) is 4.98 Å². The summed E-state index contributed by atoms with van der Waals surface area (Å²) in [6, 6.07) is 1.45. The van der Waals surface area contributed by atoms with E-state index in [1.54, 1.807) is 0 Å². The highest BCUT2D eigenvalue weighted by molar-refractivity contribution is 6.93. The van der Waals surface area contributed by atoms with Gasteiger partial charge in [-0.05, 0) is 12.1 Å². The Labute approximate surface area is 70.6 Å². The van der Waals surface area contributed by atoms with Crippen LogP contribution in [0.1, 0.15) is 10.5 Å². The van der Waals surface area contributed by atoms with Crippen LogP contribution in [0.5, 0.6) is 0 Å². The molecule has 0 saturated heterocycles. The minimum absolute atomic E-state index is 0.565. The third-order valence-corrected chi connectivity index (χ3v) is 1.28. The van der Waals surface area contributed by atoms with Gasteiger partial charge in [0, 0.05) is 0 Å². The summed E-state index contributed by atoms with van der Waals surface area (Å²) in [6.45, 7) is -5.59. The van der Waals surface area contributed by atoms with E-state index < -0.39 is 24.2 Å². The summed E-state index contributed by atoms with van der Waals surface area (Å²) in [7, 11) is 0. The number of halogens is 4. The molecule has 13 heavy (non-hydrogen) atoms. The lowest BCUT2D eigenvalue weighted by atomic mass is 9.82. The van der Waals surface area contributed by atoms with Gasteiger partial charge >= 0.3 is 6.98 Å². The van der Waals surface area contributed by atoms with Crippen LogP contribution in [0.4, 0.5) is 17.3 Å². The van der Waals surface area contributed by atoms with Crippen LogP contribution in [0.3, 0.4) is 0 Å². The molecule has 0 aromatic carbocycles. The molecule has 2 nitrogen and oxygen atoms in total. The number of nitrogens with zero attached hydrogens (tertiary/aromatic N) is 1. The van der Waals surface area contributed by atoms with E-state index >= 15 is 0 Å². The summed E-state index contributed by atoms with van der Waals surface area (Å²) >= 11 is 0. The van der Waals surface area contributed by atoms with Crippen molar-refractivity contribution in [1.29, 1.82) is 0 Å². The van der Waals surface area contributed by atoms with E-state index in [1.807, 2.05) is 0 Å². The molecule has 0 spiro atoms. The summed E-state index contributed by atoms with van der Waals surface area (Å²) in [5.74, 6) is -0.786. The lowest BCUT2D eigenvalue weighted by Crippen LogP contribution is -2.30. The van der Waals surface area contributed by atoms with Gasteiger partial charge in [0.05, 0.1) is 11.9 Å². The molecule has 0 radical (unpaired) electrons. The first kappa shape index (κ1) is 9.69. The van der Waals surface area contributed by atoms with Crippen LogP contribution in [0.2, 0.25) is 0 Å². The molecule has 70 valence electrons. The van der Waals surface area contributed by atoms with Gasteiger partial charge in [0.1, 0.15) is 11.5 Å². The molecule has 1 heterocycles. The van der Waals surface area contributed by atoms with Gasteiger partial charge in [-0.15, -0.1) is 0 Å². The fourth-order valence-electron chi connectivity index (χ4n) is 0.689. The molecule has 1 aromatic rings. The average Bonchev–Trinajstić information content (AvgIpc) is 2.03. The molecule has 1 aromatic heterocycles. The molecular formula is C6H3BF4NO-. The SMILES string of the molecule is O=C(c1ccc(F)cn1)[B-](F)(F)F. The molecule has 0 aliphatic carbocycles. The molecule has 7 heteroatoms. The van der Waals surface area contributed by atoms with Crippen LogP contribution in [-0.4, -0.2) is 17.6 Å². The Morgan fingerprint density at radius 1 is 1.31 bits per heavy atom. The number of hydrogen-bond donors (Lipinski definition) is 0. The van der Waals surface area contributed by atoms with Crippen molar-refractivity contribution in [3.05, 3.63) is 29.8 Å². The Balaban J connectivity index is 2.97. The molecule has 1 rings (SSSR count). The van der Waals surface area contributed by atoms with E-state index in [1.165, 1.54) is 0 Å². The number of pyridine rings is 1. The highest BCUT2D eigenvalue weighted by Gasteiger charge is 2.34. The van der Waals surface area contributed by atoms with Gasteiger partial charge in [-0.25, -0.2) is 4.39 Å². The molecule has 0 aliphatic rings.